The summed E-state index contributed by atoms with van der Waals surface area (Å²) in [6, 6.07) is 0. The second kappa shape index (κ2) is 3.40. The molecule has 0 saturated heterocycles. The molecule has 0 bridgehead atoms. The van der Waals surface area contributed by atoms with Crippen LogP contribution in [0.3, 0.4) is 0 Å². The van der Waals surface area contributed by atoms with Crippen molar-refractivity contribution in [3.8, 4) is 0 Å². The molecule has 5 nitrogen and oxygen atoms in total. The van der Waals surface area contributed by atoms with Crippen LogP contribution in [0.25, 0.3) is 0 Å². The Morgan fingerprint density at radius 3 is 2.17 bits per heavy atom. The van der Waals surface area contributed by atoms with Crippen molar-refractivity contribution in [1.82, 2.24) is 0 Å². The zero-order chi connectivity index (χ0) is 9.99. The predicted molar refractivity (Wildman–Crippen MR) is 44.6 cm³/mol. The predicted octanol–water partition coefficient (Wildman–Crippen LogP) is -0.777. The molecule has 0 aliphatic rings. The quantitative estimate of drug-likeness (QED) is 0.613. The monoisotopic (exact) mass is 195 g/mol. The molecule has 0 aromatic heterocycles. The molecule has 0 aliphatic heterocycles. The molecule has 0 unspecified atom stereocenters. The Morgan fingerprint density at radius 1 is 1.50 bits per heavy atom. The first kappa shape index (κ1) is 11.4. The number of carboxylic acid groups (broad SMARTS) is 1. The lowest BCUT2D eigenvalue weighted by molar-refractivity contribution is -0.139. The molecular formula is C6H13NO4S. The van der Waals surface area contributed by atoms with Gasteiger partial charge in [0.1, 0.15) is 0 Å². The normalized spacial score (nSPS) is 12.9. The second-order valence-electron chi connectivity index (χ2n) is 2.92. The minimum absolute atomic E-state index is 0.0565. The summed E-state index contributed by atoms with van der Waals surface area (Å²) in [7, 11) is -3.63. The van der Waals surface area contributed by atoms with E-state index in [1.165, 1.54) is 0 Å². The van der Waals surface area contributed by atoms with Crippen LogP contribution in [-0.4, -0.2) is 36.5 Å². The highest BCUT2D eigenvalue weighted by Crippen LogP contribution is 2.16. The third kappa shape index (κ3) is 1.95. The van der Waals surface area contributed by atoms with Crippen molar-refractivity contribution in [3.05, 3.63) is 0 Å². The topological polar surface area (TPSA) is 97.5 Å². The SMILES string of the molecule is CC(C)(C(=O)O)S(=O)(=O)CCN. The molecule has 12 heavy (non-hydrogen) atoms. The Balaban J connectivity index is 4.90. The average molecular weight is 195 g/mol. The summed E-state index contributed by atoms with van der Waals surface area (Å²) in [6.45, 7) is 2.25. The van der Waals surface area contributed by atoms with E-state index in [1.807, 2.05) is 0 Å². The van der Waals surface area contributed by atoms with Crippen LogP contribution in [0.4, 0.5) is 0 Å². The number of nitrogens with two attached hydrogens (primary N) is 1. The van der Waals surface area contributed by atoms with Crippen molar-refractivity contribution in [2.24, 2.45) is 5.73 Å². The fourth-order valence-electron chi connectivity index (χ4n) is 0.543. The van der Waals surface area contributed by atoms with Crippen molar-refractivity contribution in [3.63, 3.8) is 0 Å². The minimum Gasteiger partial charge on any atom is -0.480 e. The molecule has 6 heteroatoms. The van der Waals surface area contributed by atoms with Gasteiger partial charge in [-0.1, -0.05) is 0 Å². The molecule has 0 radical (unpaired) electrons. The van der Waals surface area contributed by atoms with Crippen LogP contribution in [0.15, 0.2) is 0 Å². The van der Waals surface area contributed by atoms with Gasteiger partial charge in [0, 0.05) is 6.54 Å². The lowest BCUT2D eigenvalue weighted by atomic mass is 10.2. The lowest BCUT2D eigenvalue weighted by Crippen LogP contribution is -2.43. The van der Waals surface area contributed by atoms with E-state index in [9.17, 15) is 13.2 Å². The molecule has 3 N–H and O–H groups in total. The van der Waals surface area contributed by atoms with Crippen LogP contribution in [0.2, 0.25) is 0 Å². The minimum atomic E-state index is -3.63. The van der Waals surface area contributed by atoms with E-state index in [0.29, 0.717) is 0 Å². The number of hydrogen-bond acceptors (Lipinski definition) is 4. The number of carboxylic acids is 1. The second-order valence-corrected chi connectivity index (χ2v) is 5.58. The van der Waals surface area contributed by atoms with Crippen LogP contribution in [0, 0.1) is 0 Å². The van der Waals surface area contributed by atoms with Crippen molar-refractivity contribution in [2.75, 3.05) is 12.3 Å². The summed E-state index contributed by atoms with van der Waals surface area (Å²) in [5.74, 6) is -1.65. The largest absolute Gasteiger partial charge is 0.480 e. The fraction of sp³-hybridized carbons (Fsp3) is 0.833. The molecule has 0 aromatic rings. The summed E-state index contributed by atoms with van der Waals surface area (Å²) in [4.78, 5) is 10.5. The summed E-state index contributed by atoms with van der Waals surface area (Å²) in [5, 5.41) is 8.58. The molecule has 0 aromatic carbocycles. The summed E-state index contributed by atoms with van der Waals surface area (Å²) in [5.41, 5.74) is 5.04. The summed E-state index contributed by atoms with van der Waals surface area (Å²) >= 11 is 0. The van der Waals surface area contributed by atoms with Gasteiger partial charge in [0.15, 0.2) is 14.6 Å². The van der Waals surface area contributed by atoms with Gasteiger partial charge in [-0.05, 0) is 13.8 Å². The van der Waals surface area contributed by atoms with Gasteiger partial charge in [-0.25, -0.2) is 8.42 Å². The number of rotatable bonds is 4. The fourth-order valence-corrected chi connectivity index (χ4v) is 1.63. The molecule has 0 aliphatic carbocycles. The molecule has 0 atom stereocenters. The third-order valence-corrected chi connectivity index (χ3v) is 4.18. The Hall–Kier alpha value is -0.620. The molecule has 0 heterocycles. The maximum Gasteiger partial charge on any atom is 0.324 e. The molecule has 0 amide bonds. The van der Waals surface area contributed by atoms with Gasteiger partial charge in [0.2, 0.25) is 0 Å². The Morgan fingerprint density at radius 2 is 1.92 bits per heavy atom. The van der Waals surface area contributed by atoms with E-state index in [1.54, 1.807) is 0 Å². The highest BCUT2D eigenvalue weighted by Gasteiger charge is 2.40. The first-order valence-corrected chi connectivity index (χ1v) is 5.06. The van der Waals surface area contributed by atoms with Crippen molar-refractivity contribution < 1.29 is 18.3 Å². The van der Waals surface area contributed by atoms with E-state index in [0.717, 1.165) is 13.8 Å². The standard InChI is InChI=1S/C6H13NO4S/c1-6(2,5(8)9)12(10,11)4-3-7/h3-4,7H2,1-2H3,(H,8,9). The van der Waals surface area contributed by atoms with Gasteiger partial charge in [-0.3, -0.25) is 4.79 Å². The van der Waals surface area contributed by atoms with Gasteiger partial charge in [0.05, 0.1) is 5.75 Å². The molecule has 0 fully saturated rings. The number of hydrogen-bond donors (Lipinski definition) is 2. The number of carbonyl (C=O) groups is 1. The van der Waals surface area contributed by atoms with Crippen LogP contribution in [0.1, 0.15) is 13.8 Å². The highest BCUT2D eigenvalue weighted by molar-refractivity contribution is 7.93. The first-order chi connectivity index (χ1) is 5.25. The van der Waals surface area contributed by atoms with Gasteiger partial charge in [0.25, 0.3) is 0 Å². The number of aliphatic carboxylic acids is 1. The molecular weight excluding hydrogens is 182 g/mol. The lowest BCUT2D eigenvalue weighted by Gasteiger charge is -2.18. The molecule has 72 valence electrons. The van der Waals surface area contributed by atoms with E-state index in [4.69, 9.17) is 10.8 Å². The first-order valence-electron chi connectivity index (χ1n) is 3.41. The van der Waals surface area contributed by atoms with E-state index in [2.05, 4.69) is 0 Å². The molecule has 0 spiro atoms. The Kier molecular flexibility index (Phi) is 3.23. The van der Waals surface area contributed by atoms with Gasteiger partial charge < -0.3 is 10.8 Å². The van der Waals surface area contributed by atoms with Crippen LogP contribution < -0.4 is 5.73 Å². The summed E-state index contributed by atoms with van der Waals surface area (Å²) in [6.07, 6.45) is 0. The number of sulfone groups is 1. The third-order valence-electron chi connectivity index (χ3n) is 1.68. The van der Waals surface area contributed by atoms with Gasteiger partial charge >= 0.3 is 5.97 Å². The summed E-state index contributed by atoms with van der Waals surface area (Å²) < 4.78 is 20.7. The maximum atomic E-state index is 11.2. The van der Waals surface area contributed by atoms with Crippen molar-refractivity contribution in [2.45, 2.75) is 18.6 Å². The van der Waals surface area contributed by atoms with E-state index < -0.39 is 20.6 Å². The van der Waals surface area contributed by atoms with Crippen LogP contribution in [-0.2, 0) is 14.6 Å². The Bertz CT molecular complexity index is 267. The van der Waals surface area contributed by atoms with Crippen molar-refractivity contribution in [1.29, 1.82) is 0 Å². The average Bonchev–Trinajstić information content (AvgIpc) is 1.86. The van der Waals surface area contributed by atoms with Crippen molar-refractivity contribution >= 4 is 15.8 Å². The zero-order valence-electron chi connectivity index (χ0n) is 7.07. The molecule has 0 saturated carbocycles. The Labute approximate surface area is 71.5 Å². The van der Waals surface area contributed by atoms with Gasteiger partial charge in [-0.2, -0.15) is 0 Å². The van der Waals surface area contributed by atoms with Gasteiger partial charge in [-0.15, -0.1) is 0 Å². The smallest absolute Gasteiger partial charge is 0.324 e. The maximum absolute atomic E-state index is 11.2. The molecule has 0 rings (SSSR count). The van der Waals surface area contributed by atoms with E-state index >= 15 is 0 Å². The van der Waals surface area contributed by atoms with Crippen LogP contribution >= 0.6 is 0 Å². The van der Waals surface area contributed by atoms with Crippen LogP contribution in [0.5, 0.6) is 0 Å². The highest BCUT2D eigenvalue weighted by atomic mass is 32.2. The zero-order valence-corrected chi connectivity index (χ0v) is 7.89. The van der Waals surface area contributed by atoms with E-state index in [-0.39, 0.29) is 12.3 Å².